The van der Waals surface area contributed by atoms with Crippen LogP contribution in [-0.2, 0) is 9.59 Å². The standard InChI is InChI=1S/C20H18N4O4S/c1-2-12-23-19(26)17(13-18(25)21-14-8-4-3-5-9-14)29-20(23)22-15-10-6-7-11-16(15)24(27)28/h2-11,17H,1,12-13H2,(H,21,25)/t17-/m0/s1. The monoisotopic (exact) mass is 410 g/mol. The lowest BCUT2D eigenvalue weighted by Gasteiger charge is -2.13. The Bertz CT molecular complexity index is 977. The SMILES string of the molecule is C=CCN1C(=O)[C@H](CC(=O)Nc2ccccc2)SC1=Nc1ccccc1[N+](=O)[O-]. The first-order chi connectivity index (χ1) is 14.0. The van der Waals surface area contributed by atoms with E-state index in [1.165, 1.54) is 17.0 Å². The first kappa shape index (κ1) is 20.3. The zero-order chi connectivity index (χ0) is 20.8. The minimum atomic E-state index is -0.666. The number of nitrogens with zero attached hydrogens (tertiary/aromatic N) is 3. The second kappa shape index (κ2) is 9.16. The molecule has 1 saturated heterocycles. The van der Waals surface area contributed by atoms with Crippen LogP contribution in [-0.4, -0.2) is 38.6 Å². The van der Waals surface area contributed by atoms with E-state index in [9.17, 15) is 19.7 Å². The fourth-order valence-corrected chi connectivity index (χ4v) is 3.90. The summed E-state index contributed by atoms with van der Waals surface area (Å²) in [6, 6.07) is 15.0. The van der Waals surface area contributed by atoms with Gasteiger partial charge in [0.25, 0.3) is 5.69 Å². The van der Waals surface area contributed by atoms with E-state index in [1.807, 2.05) is 6.07 Å². The maximum atomic E-state index is 12.8. The highest BCUT2D eigenvalue weighted by molar-refractivity contribution is 8.15. The molecule has 0 aromatic heterocycles. The summed E-state index contributed by atoms with van der Waals surface area (Å²) in [5, 5.41) is 13.6. The van der Waals surface area contributed by atoms with Gasteiger partial charge in [-0.05, 0) is 18.2 Å². The molecule has 1 aliphatic rings. The number of para-hydroxylation sites is 3. The number of hydrogen-bond acceptors (Lipinski definition) is 6. The van der Waals surface area contributed by atoms with Gasteiger partial charge >= 0.3 is 0 Å². The molecule has 3 rings (SSSR count). The van der Waals surface area contributed by atoms with Crippen LogP contribution >= 0.6 is 11.8 Å². The largest absolute Gasteiger partial charge is 0.326 e. The average Bonchev–Trinajstić information content (AvgIpc) is 2.98. The number of amides is 2. The summed E-state index contributed by atoms with van der Waals surface area (Å²) < 4.78 is 0. The number of nitrogens with one attached hydrogen (secondary N) is 1. The summed E-state index contributed by atoms with van der Waals surface area (Å²) in [6.45, 7) is 3.84. The highest BCUT2D eigenvalue weighted by Crippen LogP contribution is 2.34. The van der Waals surface area contributed by atoms with Crippen molar-refractivity contribution in [1.29, 1.82) is 0 Å². The van der Waals surface area contributed by atoms with Gasteiger partial charge in [-0.3, -0.25) is 24.6 Å². The van der Waals surface area contributed by atoms with Crippen molar-refractivity contribution < 1.29 is 14.5 Å². The minimum absolute atomic E-state index is 0.0397. The van der Waals surface area contributed by atoms with Crippen molar-refractivity contribution in [2.24, 2.45) is 4.99 Å². The number of amidine groups is 1. The number of aliphatic imine (C=N–C) groups is 1. The molecule has 2 aromatic rings. The average molecular weight is 410 g/mol. The van der Waals surface area contributed by atoms with Gasteiger partial charge < -0.3 is 5.32 Å². The van der Waals surface area contributed by atoms with E-state index in [0.29, 0.717) is 10.9 Å². The van der Waals surface area contributed by atoms with E-state index in [4.69, 9.17) is 0 Å². The van der Waals surface area contributed by atoms with Crippen molar-refractivity contribution in [2.75, 3.05) is 11.9 Å². The number of benzene rings is 2. The van der Waals surface area contributed by atoms with Gasteiger partial charge in [-0.25, -0.2) is 4.99 Å². The van der Waals surface area contributed by atoms with Crippen molar-refractivity contribution in [1.82, 2.24) is 4.90 Å². The molecule has 1 N–H and O–H groups in total. The topological polar surface area (TPSA) is 105 Å². The molecule has 0 spiro atoms. The smallest absolute Gasteiger partial charge is 0.294 e. The molecular formula is C20H18N4O4S. The summed E-state index contributed by atoms with van der Waals surface area (Å²) in [7, 11) is 0. The normalized spacial score (nSPS) is 17.4. The Balaban J connectivity index is 1.80. The molecule has 0 radical (unpaired) electrons. The zero-order valence-electron chi connectivity index (χ0n) is 15.4. The van der Waals surface area contributed by atoms with Gasteiger partial charge in [-0.1, -0.05) is 48.2 Å². The van der Waals surface area contributed by atoms with Gasteiger partial charge in [-0.2, -0.15) is 0 Å². The molecule has 0 aliphatic carbocycles. The lowest BCUT2D eigenvalue weighted by Crippen LogP contribution is -2.33. The van der Waals surface area contributed by atoms with Crippen molar-refractivity contribution in [3.63, 3.8) is 0 Å². The Labute approximate surface area is 171 Å². The predicted octanol–water partition coefficient (Wildman–Crippen LogP) is 3.74. The molecule has 8 nitrogen and oxygen atoms in total. The third-order valence-corrected chi connectivity index (χ3v) is 5.23. The molecule has 1 heterocycles. The van der Waals surface area contributed by atoms with Crippen LogP contribution in [0.2, 0.25) is 0 Å². The van der Waals surface area contributed by atoms with Gasteiger partial charge in [0, 0.05) is 24.7 Å². The van der Waals surface area contributed by atoms with E-state index < -0.39 is 10.2 Å². The maximum absolute atomic E-state index is 12.8. The van der Waals surface area contributed by atoms with Gasteiger partial charge in [0.05, 0.1) is 4.92 Å². The molecule has 29 heavy (non-hydrogen) atoms. The molecule has 1 atom stereocenters. The van der Waals surface area contributed by atoms with Crippen molar-refractivity contribution in [2.45, 2.75) is 11.7 Å². The van der Waals surface area contributed by atoms with Gasteiger partial charge in [0.1, 0.15) is 10.9 Å². The number of carbonyl (C=O) groups is 2. The van der Waals surface area contributed by atoms with Gasteiger partial charge in [0.2, 0.25) is 11.8 Å². The highest BCUT2D eigenvalue weighted by atomic mass is 32.2. The fourth-order valence-electron chi connectivity index (χ4n) is 2.74. The molecule has 2 amide bonds. The van der Waals surface area contributed by atoms with Gasteiger partial charge in [0.15, 0.2) is 5.17 Å². The van der Waals surface area contributed by atoms with E-state index >= 15 is 0 Å². The van der Waals surface area contributed by atoms with Crippen molar-refractivity contribution in [3.05, 3.63) is 77.4 Å². The lowest BCUT2D eigenvalue weighted by atomic mass is 10.2. The second-order valence-corrected chi connectivity index (χ2v) is 7.27. The summed E-state index contributed by atoms with van der Waals surface area (Å²) in [5.41, 5.74) is 0.637. The molecule has 2 aromatic carbocycles. The highest BCUT2D eigenvalue weighted by Gasteiger charge is 2.39. The minimum Gasteiger partial charge on any atom is -0.326 e. The van der Waals surface area contributed by atoms with E-state index in [0.717, 1.165) is 11.8 Å². The van der Waals surface area contributed by atoms with E-state index in [-0.39, 0.29) is 36.2 Å². The molecular weight excluding hydrogens is 392 g/mol. The molecule has 0 unspecified atom stereocenters. The Hall–Kier alpha value is -3.46. The molecule has 1 aliphatic heterocycles. The summed E-state index contributed by atoms with van der Waals surface area (Å²) in [4.78, 5) is 41.5. The van der Waals surface area contributed by atoms with Gasteiger partial charge in [-0.15, -0.1) is 6.58 Å². The second-order valence-electron chi connectivity index (χ2n) is 6.10. The van der Waals surface area contributed by atoms with Crippen LogP contribution < -0.4 is 5.32 Å². The first-order valence-corrected chi connectivity index (χ1v) is 9.63. The van der Waals surface area contributed by atoms with Crippen LogP contribution in [0.15, 0.2) is 72.2 Å². The number of anilines is 1. The number of nitro groups is 1. The number of nitro benzene ring substituents is 1. The summed E-state index contributed by atoms with van der Waals surface area (Å²) >= 11 is 1.12. The quantitative estimate of drug-likeness (QED) is 0.425. The molecule has 148 valence electrons. The molecule has 0 bridgehead atoms. The summed E-state index contributed by atoms with van der Waals surface area (Å²) in [6.07, 6.45) is 1.50. The third kappa shape index (κ3) is 4.88. The van der Waals surface area contributed by atoms with Crippen LogP contribution in [0.25, 0.3) is 0 Å². The Kier molecular flexibility index (Phi) is 6.40. The first-order valence-electron chi connectivity index (χ1n) is 8.75. The molecule has 0 saturated carbocycles. The molecule has 9 heteroatoms. The number of rotatable bonds is 7. The number of hydrogen-bond donors (Lipinski definition) is 1. The molecule has 1 fully saturated rings. The van der Waals surface area contributed by atoms with E-state index in [2.05, 4.69) is 16.9 Å². The van der Waals surface area contributed by atoms with Crippen LogP contribution in [0.1, 0.15) is 6.42 Å². The fraction of sp³-hybridized carbons (Fsp3) is 0.150. The zero-order valence-corrected chi connectivity index (χ0v) is 16.2. The van der Waals surface area contributed by atoms with Crippen LogP contribution in [0.5, 0.6) is 0 Å². The number of thioether (sulfide) groups is 1. The van der Waals surface area contributed by atoms with Crippen LogP contribution in [0, 0.1) is 10.1 Å². The third-order valence-electron chi connectivity index (χ3n) is 4.05. The Morgan fingerprint density at radius 1 is 1.24 bits per heavy atom. The van der Waals surface area contributed by atoms with Crippen molar-refractivity contribution in [3.8, 4) is 0 Å². The maximum Gasteiger partial charge on any atom is 0.294 e. The lowest BCUT2D eigenvalue weighted by molar-refractivity contribution is -0.384. The Morgan fingerprint density at radius 3 is 2.62 bits per heavy atom. The van der Waals surface area contributed by atoms with Crippen LogP contribution in [0.4, 0.5) is 17.1 Å². The number of carbonyl (C=O) groups excluding carboxylic acids is 2. The predicted molar refractivity (Wildman–Crippen MR) is 113 cm³/mol. The summed E-state index contributed by atoms with van der Waals surface area (Å²) in [5.74, 6) is -0.581. The Morgan fingerprint density at radius 2 is 1.93 bits per heavy atom. The van der Waals surface area contributed by atoms with E-state index in [1.54, 1.807) is 42.5 Å². The van der Waals surface area contributed by atoms with Crippen molar-refractivity contribution >= 4 is 45.8 Å². The van der Waals surface area contributed by atoms with Crippen LogP contribution in [0.3, 0.4) is 0 Å².